The van der Waals surface area contributed by atoms with Gasteiger partial charge in [-0.05, 0) is 49.8 Å². The van der Waals surface area contributed by atoms with Crippen LogP contribution in [0.1, 0.15) is 44.1 Å². The molecule has 2 N–H and O–H groups in total. The maximum atomic E-state index is 13.4. The molecule has 0 aromatic heterocycles. The van der Waals surface area contributed by atoms with Crippen molar-refractivity contribution in [1.29, 1.82) is 0 Å². The van der Waals surface area contributed by atoms with Crippen LogP contribution in [0.25, 0.3) is 0 Å². The average Bonchev–Trinajstić information content (AvgIpc) is 3.22. The molecule has 2 heterocycles. The van der Waals surface area contributed by atoms with E-state index in [-0.39, 0.29) is 29.2 Å². The Hall–Kier alpha value is -2.02. The summed E-state index contributed by atoms with van der Waals surface area (Å²) in [6.07, 6.45) is 4.65. The zero-order valence-electron chi connectivity index (χ0n) is 16.0. The zero-order chi connectivity index (χ0) is 19.9. The molecule has 1 spiro atoms. The number of carbonyl (C=O) groups is 2. The molecule has 0 radical (unpaired) electrons. The van der Waals surface area contributed by atoms with E-state index in [2.05, 4.69) is 0 Å². The van der Waals surface area contributed by atoms with Crippen LogP contribution >= 0.6 is 0 Å². The minimum absolute atomic E-state index is 0.0475. The van der Waals surface area contributed by atoms with Crippen molar-refractivity contribution in [2.75, 3.05) is 19.6 Å². The number of nitrogens with zero attached hydrogens (tertiary/aromatic N) is 2. The summed E-state index contributed by atoms with van der Waals surface area (Å²) < 4.78 is 26.6. The summed E-state index contributed by atoms with van der Waals surface area (Å²) in [4.78, 5) is 28.9. The van der Waals surface area contributed by atoms with Crippen LogP contribution in [0.3, 0.4) is 0 Å². The molecule has 0 bridgehead atoms. The van der Waals surface area contributed by atoms with Gasteiger partial charge < -0.3 is 15.5 Å². The maximum Gasteiger partial charge on any atom is 0.225 e. The van der Waals surface area contributed by atoms with E-state index >= 15 is 0 Å². The molecule has 1 aromatic rings. The first kappa shape index (κ1) is 19.3. The molecule has 0 unspecified atom stereocenters. The molecule has 7 heteroatoms. The van der Waals surface area contributed by atoms with Crippen LogP contribution in [0.2, 0.25) is 0 Å². The Morgan fingerprint density at radius 1 is 1.18 bits per heavy atom. The second-order valence-corrected chi connectivity index (χ2v) is 8.77. The predicted molar refractivity (Wildman–Crippen MR) is 100.0 cm³/mol. The summed E-state index contributed by atoms with van der Waals surface area (Å²) in [5, 5.41) is 0. The lowest BCUT2D eigenvalue weighted by Crippen LogP contribution is -2.46. The van der Waals surface area contributed by atoms with E-state index in [4.69, 9.17) is 5.73 Å². The van der Waals surface area contributed by atoms with Crippen molar-refractivity contribution in [2.45, 2.75) is 51.1 Å². The number of halogens is 2. The largest absolute Gasteiger partial charge is 0.342 e. The molecular formula is C21H27F2N3O2. The number of carbonyl (C=O) groups excluding carboxylic acids is 2. The van der Waals surface area contributed by atoms with Gasteiger partial charge >= 0.3 is 0 Å². The maximum absolute atomic E-state index is 13.4. The van der Waals surface area contributed by atoms with Crippen molar-refractivity contribution in [3.05, 3.63) is 35.4 Å². The SMILES string of the molecule is N[C@H]1CC[C@@H](C(=O)N2CCC3(CC2)CC(=O)N(Cc2ccc(F)c(F)c2)C3)C1. The highest BCUT2D eigenvalue weighted by molar-refractivity contribution is 5.81. The molecule has 1 aromatic carbocycles. The Morgan fingerprint density at radius 2 is 1.93 bits per heavy atom. The Morgan fingerprint density at radius 3 is 2.57 bits per heavy atom. The smallest absolute Gasteiger partial charge is 0.225 e. The highest BCUT2D eigenvalue weighted by Crippen LogP contribution is 2.42. The molecule has 2 atom stereocenters. The van der Waals surface area contributed by atoms with Crippen molar-refractivity contribution >= 4 is 11.8 Å². The summed E-state index contributed by atoms with van der Waals surface area (Å²) in [6, 6.07) is 3.91. The van der Waals surface area contributed by atoms with Crippen LogP contribution in [0.4, 0.5) is 8.78 Å². The van der Waals surface area contributed by atoms with Gasteiger partial charge in [0.05, 0.1) is 0 Å². The summed E-state index contributed by atoms with van der Waals surface area (Å²) in [7, 11) is 0. The highest BCUT2D eigenvalue weighted by Gasteiger charge is 2.46. The standard InChI is InChI=1S/C21H27F2N3O2/c22-17-4-1-14(9-18(17)23)12-26-13-21(11-19(26)27)5-7-25(8-6-21)20(28)15-2-3-16(24)10-15/h1,4,9,15-16H,2-3,5-8,10-13,24H2/t15-,16+/m1/s1. The zero-order valence-corrected chi connectivity index (χ0v) is 16.0. The predicted octanol–water partition coefficient (Wildman–Crippen LogP) is 2.43. The number of amides is 2. The fourth-order valence-corrected chi connectivity index (χ4v) is 5.02. The molecule has 152 valence electrons. The lowest BCUT2D eigenvalue weighted by molar-refractivity contribution is -0.137. The Labute approximate surface area is 163 Å². The molecule has 2 amide bonds. The van der Waals surface area contributed by atoms with Crippen LogP contribution in [0.15, 0.2) is 18.2 Å². The van der Waals surface area contributed by atoms with Gasteiger partial charge in [0.1, 0.15) is 0 Å². The van der Waals surface area contributed by atoms with Gasteiger partial charge in [-0.1, -0.05) is 6.07 Å². The first-order valence-electron chi connectivity index (χ1n) is 10.1. The number of hydrogen-bond acceptors (Lipinski definition) is 3. The molecule has 1 aliphatic carbocycles. The van der Waals surface area contributed by atoms with Crippen LogP contribution in [-0.2, 0) is 16.1 Å². The number of rotatable bonds is 3. The molecule has 1 saturated carbocycles. The summed E-state index contributed by atoms with van der Waals surface area (Å²) >= 11 is 0. The van der Waals surface area contributed by atoms with E-state index in [1.54, 1.807) is 4.90 Å². The fraction of sp³-hybridized carbons (Fsp3) is 0.619. The topological polar surface area (TPSA) is 66.6 Å². The first-order valence-corrected chi connectivity index (χ1v) is 10.1. The third-order valence-electron chi connectivity index (χ3n) is 6.72. The highest BCUT2D eigenvalue weighted by atomic mass is 19.2. The third kappa shape index (κ3) is 3.77. The van der Waals surface area contributed by atoms with E-state index < -0.39 is 11.6 Å². The number of hydrogen-bond donors (Lipinski definition) is 1. The van der Waals surface area contributed by atoms with Crippen LogP contribution < -0.4 is 5.73 Å². The van der Waals surface area contributed by atoms with Crippen molar-refractivity contribution in [1.82, 2.24) is 9.80 Å². The Balaban J connectivity index is 1.35. The van der Waals surface area contributed by atoms with Gasteiger partial charge in [0.25, 0.3) is 0 Å². The van der Waals surface area contributed by atoms with Gasteiger partial charge in [0.2, 0.25) is 11.8 Å². The molecule has 3 fully saturated rings. The second-order valence-electron chi connectivity index (χ2n) is 8.77. The van der Waals surface area contributed by atoms with Gasteiger partial charge in [0.15, 0.2) is 11.6 Å². The van der Waals surface area contributed by atoms with Gasteiger partial charge in [-0.3, -0.25) is 9.59 Å². The van der Waals surface area contributed by atoms with Crippen molar-refractivity contribution in [3.63, 3.8) is 0 Å². The number of benzene rings is 1. The molecule has 2 saturated heterocycles. The van der Waals surface area contributed by atoms with Crippen molar-refractivity contribution in [2.24, 2.45) is 17.1 Å². The quantitative estimate of drug-likeness (QED) is 0.861. The van der Waals surface area contributed by atoms with Gasteiger partial charge in [-0.25, -0.2) is 8.78 Å². The number of piperidine rings is 1. The van der Waals surface area contributed by atoms with Crippen LogP contribution in [0.5, 0.6) is 0 Å². The van der Waals surface area contributed by atoms with E-state index in [1.165, 1.54) is 6.07 Å². The summed E-state index contributed by atoms with van der Waals surface area (Å²) in [6.45, 7) is 2.26. The number of nitrogens with two attached hydrogens (primary N) is 1. The van der Waals surface area contributed by atoms with Crippen molar-refractivity contribution in [3.8, 4) is 0 Å². The molecule has 3 aliphatic rings. The lowest BCUT2D eigenvalue weighted by Gasteiger charge is -2.39. The first-order chi connectivity index (χ1) is 13.3. The number of likely N-dealkylation sites (tertiary alicyclic amines) is 2. The minimum atomic E-state index is -0.891. The van der Waals surface area contributed by atoms with Gasteiger partial charge in [-0.2, -0.15) is 0 Å². The van der Waals surface area contributed by atoms with Gasteiger partial charge in [-0.15, -0.1) is 0 Å². The van der Waals surface area contributed by atoms with Crippen molar-refractivity contribution < 1.29 is 18.4 Å². The second kappa shape index (κ2) is 7.43. The minimum Gasteiger partial charge on any atom is -0.342 e. The summed E-state index contributed by atoms with van der Waals surface area (Å²) in [5.41, 5.74) is 6.42. The normalized spacial score (nSPS) is 27.0. The molecule has 2 aliphatic heterocycles. The monoisotopic (exact) mass is 391 g/mol. The molecule has 5 nitrogen and oxygen atoms in total. The molecular weight excluding hydrogens is 364 g/mol. The Bertz CT molecular complexity index is 777. The van der Waals surface area contributed by atoms with E-state index in [1.807, 2.05) is 4.90 Å². The van der Waals surface area contributed by atoms with Gasteiger partial charge in [0, 0.05) is 50.0 Å². The molecule has 28 heavy (non-hydrogen) atoms. The average molecular weight is 391 g/mol. The van der Waals surface area contributed by atoms with Crippen LogP contribution in [0, 0.1) is 23.0 Å². The lowest BCUT2D eigenvalue weighted by atomic mass is 9.77. The third-order valence-corrected chi connectivity index (χ3v) is 6.72. The van der Waals surface area contributed by atoms with E-state index in [9.17, 15) is 18.4 Å². The molecule has 4 rings (SSSR count). The van der Waals surface area contributed by atoms with E-state index in [0.717, 1.165) is 44.2 Å². The Kier molecular flexibility index (Phi) is 5.12. The van der Waals surface area contributed by atoms with E-state index in [0.29, 0.717) is 38.2 Å². The van der Waals surface area contributed by atoms with Crippen LogP contribution in [-0.4, -0.2) is 47.3 Å². The summed E-state index contributed by atoms with van der Waals surface area (Å²) in [5.74, 6) is -1.46. The fourth-order valence-electron chi connectivity index (χ4n) is 5.02.